The van der Waals surface area contributed by atoms with Crippen molar-refractivity contribution in [3.05, 3.63) is 214 Å². The van der Waals surface area contributed by atoms with Gasteiger partial charge in [-0.2, -0.15) is 12.8 Å². The molecule has 0 amide bonds. The van der Waals surface area contributed by atoms with Gasteiger partial charge in [0.05, 0.1) is 63.2 Å². The molecule has 6 aromatic carbocycles. The normalized spacial score (nSPS) is 15.1. The number of anilines is 2. The number of rotatable bonds is 27. The molecule has 10 rings (SSSR count). The van der Waals surface area contributed by atoms with Crippen LogP contribution in [0.5, 0.6) is 5.75 Å². The van der Waals surface area contributed by atoms with Crippen molar-refractivity contribution in [2.24, 2.45) is 0 Å². The second-order valence-electron chi connectivity index (χ2n) is 23.0. The summed E-state index contributed by atoms with van der Waals surface area (Å²) in [6, 6.07) is 48.5. The number of para-hydroxylation sites is 1. The summed E-state index contributed by atoms with van der Waals surface area (Å²) in [6.07, 6.45) is 9.36. The van der Waals surface area contributed by atoms with E-state index in [1.165, 1.54) is 51.3 Å². The number of nitro groups is 1. The van der Waals surface area contributed by atoms with Crippen LogP contribution in [0.15, 0.2) is 170 Å². The Morgan fingerprint density at radius 2 is 1.25 bits per heavy atom. The summed E-state index contributed by atoms with van der Waals surface area (Å²) in [7, 11) is 4.17. The zero-order valence-corrected chi connectivity index (χ0v) is 61.2. The molecule has 4 heterocycles. The third kappa shape index (κ3) is 43.5. The lowest BCUT2D eigenvalue weighted by Crippen LogP contribution is -2.28. The predicted octanol–water partition coefficient (Wildman–Crippen LogP) is 9.75. The highest BCUT2D eigenvalue weighted by Gasteiger charge is 2.21. The molecule has 0 atom stereocenters. The number of aliphatic hydroxyl groups is 4. The van der Waals surface area contributed by atoms with Crippen molar-refractivity contribution in [3.63, 3.8) is 0 Å². The number of ether oxygens (including phenoxy) is 2. The molecule has 1 saturated heterocycles. The Hall–Kier alpha value is -7.74. The maximum atomic E-state index is 13.9. The van der Waals surface area contributed by atoms with Crippen LogP contribution >= 0.6 is 0 Å². The first-order chi connectivity index (χ1) is 57.5. The van der Waals surface area contributed by atoms with E-state index in [0.717, 1.165) is 104 Å². The number of hydrogen-bond donors (Lipinski definition) is 8. The third-order valence-corrected chi connectivity index (χ3v) is 14.5. The van der Waals surface area contributed by atoms with E-state index in [-0.39, 0.29) is 64.3 Å². The standard InChI is InChI=1S/C22H18FN5O3.C12H20N2.C11H17NO3S.C10H15NO.C9H13NO.C5H14N2.C4H8O.C2H7N.2CH4O.CH4/c1-31-20-10-16(23)19(28(29)30)11-18(20)26-22-24-8-7-17(25-22)15-12-27-9-3-5-13-4-2-6-14(15)21(13)27;1-13(2)9-10-14(3)11-12-7-5-4-6-8-12;1-12(8-9-15-16(2,13)14)10-11-6-4-3-5-7-11;1-11(7-8-12)9-10-5-3-2-4-6-10;11-7-6-10-8-9-4-2-1-3-5-9;1-6-4-5-7(2)3;1-2-4-5-3-1;1-3-2;2*1-2;/h2,4,6-8,10-12H,3,5,9H2,1H3,(H,24,25,26);4-8H,9-11H2,1-3H3;3-7H,8-10H2,1-2H3;2-6,12H,7-9H2,1H3;1-5,10-11H,6-8H2;6H,4-5H2,1-3H3;1-4H2;3H,1-2H3;2*2H,1H3;1H4/i;3D3;2*1D3;;1D3;;;2*1D3,2D;. The first kappa shape index (κ1) is 65.8. The minimum atomic E-state index is -3.55. The molecule has 0 bridgehead atoms. The molecule has 2 aromatic heterocycles. The molecule has 580 valence electrons. The summed E-state index contributed by atoms with van der Waals surface area (Å²) in [5.74, 6) is -0.635. The number of halogens is 1. The van der Waals surface area contributed by atoms with Crippen LogP contribution in [-0.4, -0.2) is 252 Å². The molecule has 2 aliphatic rings. The van der Waals surface area contributed by atoms with Crippen LogP contribution < -0.4 is 26.0 Å². The summed E-state index contributed by atoms with van der Waals surface area (Å²) in [4.78, 5) is 27.1. The molecule has 8 N–H and O–H groups in total. The lowest BCUT2D eigenvalue weighted by molar-refractivity contribution is -0.387. The van der Waals surface area contributed by atoms with E-state index in [2.05, 4.69) is 86.7 Å². The highest BCUT2D eigenvalue weighted by atomic mass is 32.2. The Morgan fingerprint density at radius 1 is 0.712 bits per heavy atom. The summed E-state index contributed by atoms with van der Waals surface area (Å²) in [5, 5.41) is 47.1. The molecule has 2 aliphatic heterocycles. The number of aryl methyl sites for hydroxylation is 2. The molecule has 0 saturated carbocycles. The predicted molar refractivity (Wildman–Crippen MR) is 425 cm³/mol. The molecule has 104 heavy (non-hydrogen) atoms. The Morgan fingerprint density at radius 3 is 1.71 bits per heavy atom. The summed E-state index contributed by atoms with van der Waals surface area (Å²) in [6.45, 7) is -0.432. The summed E-state index contributed by atoms with van der Waals surface area (Å²) >= 11 is 0. The average Bonchev–Trinajstić information content (AvgIpc) is 1.61. The number of benzene rings is 6. The summed E-state index contributed by atoms with van der Waals surface area (Å²) < 4.78 is 188. The van der Waals surface area contributed by atoms with Crippen molar-refractivity contribution in [1.82, 2.24) is 55.0 Å². The van der Waals surface area contributed by atoms with Crippen molar-refractivity contribution in [2.75, 3.05) is 182 Å². The zero-order valence-electron chi connectivity index (χ0n) is 80.4. The lowest BCUT2D eigenvalue weighted by atomic mass is 10.0. The fraction of sp³-hybridized carbons (Fsp3) is 0.462. The van der Waals surface area contributed by atoms with Gasteiger partial charge in [0.15, 0.2) is 0 Å². The van der Waals surface area contributed by atoms with Gasteiger partial charge in [0, 0.05) is 158 Å². The number of aliphatic hydroxyl groups excluding tert-OH is 2. The fourth-order valence-electron chi connectivity index (χ4n) is 9.19. The highest BCUT2D eigenvalue weighted by Crippen LogP contribution is 2.36. The monoisotopic (exact) mass is 1490 g/mol. The summed E-state index contributed by atoms with van der Waals surface area (Å²) in [5.41, 5.74) is 7.86. The van der Waals surface area contributed by atoms with Crippen LogP contribution in [0.3, 0.4) is 0 Å². The van der Waals surface area contributed by atoms with E-state index < -0.39 is 68.5 Å². The van der Waals surface area contributed by atoms with E-state index in [1.54, 1.807) is 6.20 Å². The fourth-order valence-corrected chi connectivity index (χ4v) is 9.56. The lowest BCUT2D eigenvalue weighted by Gasteiger charge is -2.19. The molecule has 0 radical (unpaired) electrons. The smallest absolute Gasteiger partial charge is 0.307 e. The molecule has 24 nitrogen and oxygen atoms in total. The number of nitrogens with zero attached hydrogens (tertiary/aromatic N) is 9. The van der Waals surface area contributed by atoms with E-state index in [0.29, 0.717) is 32.7 Å². The van der Waals surface area contributed by atoms with E-state index in [4.69, 9.17) is 47.2 Å². The number of nitrogens with one attached hydrogen (secondary N) is 4. The Labute approximate surface area is 649 Å². The zero-order chi connectivity index (χ0) is 93.1. The van der Waals surface area contributed by atoms with Gasteiger partial charge in [-0.15, -0.1) is 0 Å². The maximum Gasteiger partial charge on any atom is 0.307 e. The molecule has 8 aromatic rings. The van der Waals surface area contributed by atoms with Crippen LogP contribution in [-0.2, 0) is 58.2 Å². The molecule has 0 spiro atoms. The van der Waals surface area contributed by atoms with Crippen LogP contribution in [0.1, 0.15) is 79.2 Å². The largest absolute Gasteiger partial charge is 0.494 e. The van der Waals surface area contributed by atoms with Gasteiger partial charge < -0.3 is 70.4 Å². The average molecular weight is 1490 g/mol. The minimum Gasteiger partial charge on any atom is -0.494 e. The van der Waals surface area contributed by atoms with Crippen LogP contribution in [0.25, 0.3) is 22.2 Å². The SMILES string of the molecule is C.C1CCOC1.CNC.COc1cc(F)c([N+](=O)[O-])cc1Nc1nccc(-c2cn3c4c(cccc24)CCC3)n1.OCCNCc1ccccc1.[2H]C([2H])([2H])N(CCN(C)C)Cc1ccccc1.[2H]C([2H])([2H])N(CCO)Cc1ccccc1.[2H]C([2H])([2H])N(CCOS(C)(=O)=O)Cc1ccccc1.[2H]C([2H])([2H])NCCN(C)C.[2H]OC([2H])([2H])[2H].[2H]OC([2H])([2H])[2H]. The number of nitro benzene ring substituents is 1. The molecule has 0 aliphatic carbocycles. The van der Waals surface area contributed by atoms with Gasteiger partial charge in [-0.05, 0) is 130 Å². The van der Waals surface area contributed by atoms with Crippen molar-refractivity contribution in [1.29, 1.82) is 2.86 Å². The number of hydrogen-bond acceptors (Lipinski definition) is 22. The van der Waals surface area contributed by atoms with Crippen LogP contribution in [0, 0.1) is 15.9 Å². The van der Waals surface area contributed by atoms with Gasteiger partial charge in [-0.3, -0.25) is 24.1 Å². The minimum absolute atomic E-state index is 0. The maximum absolute atomic E-state index is 13.9. The molecule has 1 fully saturated rings. The first-order valence-electron chi connectivity index (χ1n) is 42.8. The number of aromatic nitrogens is 3. The van der Waals surface area contributed by atoms with Crippen molar-refractivity contribution in [2.45, 2.75) is 65.8 Å². The van der Waals surface area contributed by atoms with E-state index >= 15 is 0 Å². The van der Waals surface area contributed by atoms with Gasteiger partial charge in [0.2, 0.25) is 14.6 Å². The van der Waals surface area contributed by atoms with Crippen LogP contribution in [0.4, 0.5) is 21.7 Å². The van der Waals surface area contributed by atoms with Crippen LogP contribution in [0.2, 0.25) is 0 Å². The highest BCUT2D eigenvalue weighted by molar-refractivity contribution is 7.86. The van der Waals surface area contributed by atoms with Crippen molar-refractivity contribution in [3.8, 4) is 17.0 Å². The van der Waals surface area contributed by atoms with Gasteiger partial charge >= 0.3 is 5.69 Å². The Kier molecular flexibility index (Phi) is 37.6. The quantitative estimate of drug-likeness (QED) is 0.0103. The Bertz CT molecular complexity index is 4230. The van der Waals surface area contributed by atoms with Gasteiger partial charge in [-0.1, -0.05) is 147 Å². The molecule has 0 unspecified atom stereocenters. The number of methoxy groups -OCH3 is 1. The molecular formula is C78H124FN13O11S. The van der Waals surface area contributed by atoms with E-state index in [9.17, 15) is 22.9 Å². The van der Waals surface area contributed by atoms with E-state index in [1.807, 2.05) is 167 Å². The van der Waals surface area contributed by atoms with Gasteiger partial charge in [0.25, 0.3) is 10.1 Å². The third-order valence-electron chi connectivity index (χ3n) is 13.9. The first-order valence-corrected chi connectivity index (χ1v) is 34.8. The van der Waals surface area contributed by atoms with Crippen molar-refractivity contribution < 1.29 is 76.5 Å². The molecule has 26 heteroatoms. The van der Waals surface area contributed by atoms with Crippen molar-refractivity contribution >= 4 is 38.3 Å². The second kappa shape index (κ2) is 59.5. The molecular weight excluding hydrogens is 1350 g/mol. The topological polar surface area (TPSA) is 281 Å². The van der Waals surface area contributed by atoms with Gasteiger partial charge in [0.1, 0.15) is 5.75 Å². The number of likely N-dealkylation sites (N-methyl/N-ethyl adjacent to an activating group) is 6. The second-order valence-corrected chi connectivity index (χ2v) is 24.7. The Balaban J connectivity index is 0.00000144. The van der Waals surface area contributed by atoms with Gasteiger partial charge in [-0.25, -0.2) is 9.97 Å².